The maximum absolute atomic E-state index is 12.3. The van der Waals surface area contributed by atoms with Gasteiger partial charge in [-0.25, -0.2) is 0 Å². The Morgan fingerprint density at radius 1 is 1.04 bits per heavy atom. The number of hydrogen-bond acceptors (Lipinski definition) is 3. The fourth-order valence-corrected chi connectivity index (χ4v) is 3.21. The van der Waals surface area contributed by atoms with Crippen LogP contribution in [0.25, 0.3) is 0 Å². The number of carbonyl (C=O) groups is 2. The molecule has 0 fully saturated rings. The molecule has 0 spiro atoms. The Hall–Kier alpha value is -2.24. The summed E-state index contributed by atoms with van der Waals surface area (Å²) in [5.41, 5.74) is 4.23. The van der Waals surface area contributed by atoms with Gasteiger partial charge in [0.05, 0.1) is 17.8 Å². The van der Waals surface area contributed by atoms with Crippen LogP contribution in [0.5, 0.6) is 0 Å². The SMILES string of the molecule is Cc1cc2c(cc1C)N[C@@H](CC(=O)Nc1cc(Cl)cc(Cl)c1)C(=O)N2. The van der Waals surface area contributed by atoms with Crippen molar-refractivity contribution in [2.75, 3.05) is 16.0 Å². The first-order chi connectivity index (χ1) is 11.8. The van der Waals surface area contributed by atoms with E-state index in [1.807, 2.05) is 26.0 Å². The Balaban J connectivity index is 1.71. The van der Waals surface area contributed by atoms with E-state index in [0.717, 1.165) is 22.5 Å². The van der Waals surface area contributed by atoms with Gasteiger partial charge in [0.15, 0.2) is 0 Å². The zero-order valence-corrected chi connectivity index (χ0v) is 15.3. The van der Waals surface area contributed by atoms with E-state index in [1.165, 1.54) is 0 Å². The van der Waals surface area contributed by atoms with Gasteiger partial charge in [0.2, 0.25) is 11.8 Å². The number of fused-ring (bicyclic) bond motifs is 1. The molecule has 2 amide bonds. The van der Waals surface area contributed by atoms with E-state index in [2.05, 4.69) is 16.0 Å². The van der Waals surface area contributed by atoms with Gasteiger partial charge in [-0.15, -0.1) is 0 Å². The van der Waals surface area contributed by atoms with Crippen LogP contribution in [0.4, 0.5) is 17.1 Å². The van der Waals surface area contributed by atoms with E-state index in [1.54, 1.807) is 18.2 Å². The largest absolute Gasteiger partial charge is 0.372 e. The standard InChI is InChI=1S/C18H17Cl2N3O2/c1-9-3-14-15(4-10(9)2)23-18(25)16(22-14)8-17(24)21-13-6-11(19)5-12(20)7-13/h3-7,16,22H,8H2,1-2H3,(H,21,24)(H,23,25)/t16-/m0/s1. The minimum Gasteiger partial charge on any atom is -0.372 e. The van der Waals surface area contributed by atoms with Gasteiger partial charge in [-0.3, -0.25) is 9.59 Å². The van der Waals surface area contributed by atoms with Crippen LogP contribution in [0.15, 0.2) is 30.3 Å². The lowest BCUT2D eigenvalue weighted by molar-refractivity contribution is -0.122. The molecule has 0 saturated carbocycles. The fourth-order valence-electron chi connectivity index (χ4n) is 2.68. The van der Waals surface area contributed by atoms with Crippen molar-refractivity contribution in [2.45, 2.75) is 26.3 Å². The molecule has 1 aliphatic heterocycles. The van der Waals surface area contributed by atoms with Gasteiger partial charge in [-0.05, 0) is 55.3 Å². The van der Waals surface area contributed by atoms with Crippen LogP contribution in [0.3, 0.4) is 0 Å². The zero-order valence-electron chi connectivity index (χ0n) is 13.7. The molecule has 130 valence electrons. The summed E-state index contributed by atoms with van der Waals surface area (Å²) in [5.74, 6) is -0.548. The number of aryl methyl sites for hydroxylation is 2. The van der Waals surface area contributed by atoms with E-state index >= 15 is 0 Å². The van der Waals surface area contributed by atoms with Crippen LogP contribution in [0, 0.1) is 13.8 Å². The Morgan fingerprint density at radius 3 is 2.28 bits per heavy atom. The second-order valence-corrected chi connectivity index (χ2v) is 6.95. The number of amides is 2. The van der Waals surface area contributed by atoms with E-state index in [4.69, 9.17) is 23.2 Å². The smallest absolute Gasteiger partial charge is 0.247 e. The predicted molar refractivity (Wildman–Crippen MR) is 102 cm³/mol. The summed E-state index contributed by atoms with van der Waals surface area (Å²) in [6, 6.07) is 8.01. The van der Waals surface area contributed by atoms with Gasteiger partial charge in [0, 0.05) is 15.7 Å². The summed E-state index contributed by atoms with van der Waals surface area (Å²) in [6.07, 6.45) is -0.0116. The van der Waals surface area contributed by atoms with Gasteiger partial charge in [0.25, 0.3) is 0 Å². The van der Waals surface area contributed by atoms with Crippen molar-refractivity contribution in [1.29, 1.82) is 0 Å². The van der Waals surface area contributed by atoms with Crippen molar-refractivity contribution in [2.24, 2.45) is 0 Å². The van der Waals surface area contributed by atoms with Crippen LogP contribution >= 0.6 is 23.2 Å². The molecule has 0 unspecified atom stereocenters. The summed E-state index contributed by atoms with van der Waals surface area (Å²) in [7, 11) is 0. The lowest BCUT2D eigenvalue weighted by atomic mass is 10.0. The van der Waals surface area contributed by atoms with E-state index < -0.39 is 6.04 Å². The number of carbonyl (C=O) groups excluding carboxylic acids is 2. The van der Waals surface area contributed by atoms with Gasteiger partial charge < -0.3 is 16.0 Å². The molecule has 1 heterocycles. The van der Waals surface area contributed by atoms with Gasteiger partial charge in [0.1, 0.15) is 6.04 Å². The van der Waals surface area contributed by atoms with E-state index in [9.17, 15) is 9.59 Å². The number of nitrogens with one attached hydrogen (secondary N) is 3. The number of anilines is 3. The highest BCUT2D eigenvalue weighted by Gasteiger charge is 2.28. The van der Waals surface area contributed by atoms with E-state index in [-0.39, 0.29) is 18.2 Å². The minimum absolute atomic E-state index is 0.0116. The van der Waals surface area contributed by atoms with E-state index in [0.29, 0.717) is 15.7 Å². The fraction of sp³-hybridized carbons (Fsp3) is 0.222. The molecule has 0 aliphatic carbocycles. The maximum atomic E-state index is 12.3. The Kier molecular flexibility index (Phi) is 4.88. The highest BCUT2D eigenvalue weighted by atomic mass is 35.5. The monoisotopic (exact) mass is 377 g/mol. The highest BCUT2D eigenvalue weighted by molar-refractivity contribution is 6.35. The lowest BCUT2D eigenvalue weighted by Gasteiger charge is -2.27. The molecule has 2 aromatic rings. The molecule has 7 heteroatoms. The molecular weight excluding hydrogens is 361 g/mol. The van der Waals surface area contributed by atoms with Crippen LogP contribution in [-0.4, -0.2) is 17.9 Å². The number of hydrogen-bond donors (Lipinski definition) is 3. The van der Waals surface area contributed by atoms with Gasteiger partial charge in [-0.2, -0.15) is 0 Å². The molecule has 1 atom stereocenters. The number of rotatable bonds is 3. The second kappa shape index (κ2) is 6.94. The summed E-state index contributed by atoms with van der Waals surface area (Å²) >= 11 is 11.8. The van der Waals surface area contributed by atoms with Crippen LogP contribution in [0.2, 0.25) is 10.0 Å². The molecule has 3 N–H and O–H groups in total. The molecular formula is C18H17Cl2N3O2. The first-order valence-corrected chi connectivity index (χ1v) is 8.52. The maximum Gasteiger partial charge on any atom is 0.247 e. The molecule has 0 saturated heterocycles. The summed E-state index contributed by atoms with van der Waals surface area (Å²) < 4.78 is 0. The molecule has 0 aromatic heterocycles. The van der Waals surface area contributed by atoms with Gasteiger partial charge >= 0.3 is 0 Å². The predicted octanol–water partition coefficient (Wildman–Crippen LogP) is 4.37. The zero-order chi connectivity index (χ0) is 18.1. The van der Waals surface area contributed by atoms with Crippen LogP contribution < -0.4 is 16.0 Å². The third-order valence-corrected chi connectivity index (χ3v) is 4.51. The quantitative estimate of drug-likeness (QED) is 0.743. The molecule has 2 aromatic carbocycles. The minimum atomic E-state index is -0.649. The summed E-state index contributed by atoms with van der Waals surface area (Å²) in [6.45, 7) is 3.98. The molecule has 0 radical (unpaired) electrons. The van der Waals surface area contributed by atoms with Crippen molar-refractivity contribution in [1.82, 2.24) is 0 Å². The van der Waals surface area contributed by atoms with Gasteiger partial charge in [-0.1, -0.05) is 23.2 Å². The van der Waals surface area contributed by atoms with Crippen molar-refractivity contribution in [3.63, 3.8) is 0 Å². The molecule has 25 heavy (non-hydrogen) atoms. The number of halogens is 2. The second-order valence-electron chi connectivity index (χ2n) is 6.08. The average molecular weight is 378 g/mol. The molecule has 3 rings (SSSR count). The van der Waals surface area contributed by atoms with Crippen LogP contribution in [-0.2, 0) is 9.59 Å². The Labute approximate surface area is 155 Å². The van der Waals surface area contributed by atoms with Crippen molar-refractivity contribution in [3.05, 3.63) is 51.5 Å². The lowest BCUT2D eigenvalue weighted by Crippen LogP contribution is -2.41. The van der Waals surface area contributed by atoms with Crippen molar-refractivity contribution >= 4 is 52.1 Å². The highest BCUT2D eigenvalue weighted by Crippen LogP contribution is 2.30. The first kappa shape index (κ1) is 17.6. The van der Waals surface area contributed by atoms with Crippen LogP contribution in [0.1, 0.15) is 17.5 Å². The average Bonchev–Trinajstić information content (AvgIpc) is 2.49. The summed E-state index contributed by atoms with van der Waals surface area (Å²) in [4.78, 5) is 24.5. The third-order valence-electron chi connectivity index (χ3n) is 4.07. The third kappa shape index (κ3) is 4.06. The Morgan fingerprint density at radius 2 is 1.64 bits per heavy atom. The van der Waals surface area contributed by atoms with Crippen molar-refractivity contribution < 1.29 is 9.59 Å². The molecule has 1 aliphatic rings. The van der Waals surface area contributed by atoms with Crippen molar-refractivity contribution in [3.8, 4) is 0 Å². The summed E-state index contributed by atoms with van der Waals surface area (Å²) in [5, 5.41) is 9.53. The molecule has 0 bridgehead atoms. The Bertz CT molecular complexity index is 847. The molecule has 5 nitrogen and oxygen atoms in total. The topological polar surface area (TPSA) is 70.2 Å². The normalized spacial score (nSPS) is 15.8. The number of benzene rings is 2. The first-order valence-electron chi connectivity index (χ1n) is 7.76.